The number of nitrogens with one attached hydrogen (secondary N) is 1. The molecule has 2 aliphatic rings. The van der Waals surface area contributed by atoms with Gasteiger partial charge in [0, 0.05) is 36.9 Å². The van der Waals surface area contributed by atoms with Gasteiger partial charge in [-0.25, -0.2) is 9.18 Å². The molecular weight excluding hydrogens is 345 g/mol. The number of hydrogen-bond acceptors (Lipinski definition) is 2. The van der Waals surface area contributed by atoms with Crippen LogP contribution in [-0.2, 0) is 6.42 Å². The van der Waals surface area contributed by atoms with Crippen LogP contribution in [-0.4, -0.2) is 42.5 Å². The van der Waals surface area contributed by atoms with Gasteiger partial charge in [0.25, 0.3) is 5.91 Å². The number of hydrogen-bond donors (Lipinski definition) is 1. The highest BCUT2D eigenvalue weighted by molar-refractivity contribution is 5.98. The van der Waals surface area contributed by atoms with Gasteiger partial charge in [-0.05, 0) is 55.2 Å². The van der Waals surface area contributed by atoms with Crippen molar-refractivity contribution in [3.05, 3.63) is 65.5 Å². The molecule has 27 heavy (non-hydrogen) atoms. The van der Waals surface area contributed by atoms with Crippen LogP contribution in [0.4, 0.5) is 14.9 Å². The van der Waals surface area contributed by atoms with Gasteiger partial charge in [-0.1, -0.05) is 18.2 Å². The maximum absolute atomic E-state index is 13.5. The second-order valence-electron chi connectivity index (χ2n) is 7.06. The number of nitrogens with zero attached hydrogens (tertiary/aromatic N) is 2. The summed E-state index contributed by atoms with van der Waals surface area (Å²) in [6.45, 7) is 1.91. The van der Waals surface area contributed by atoms with Crippen molar-refractivity contribution in [2.45, 2.75) is 25.3 Å². The van der Waals surface area contributed by atoms with Crippen molar-refractivity contribution in [2.75, 3.05) is 24.5 Å². The Labute approximate surface area is 157 Å². The molecule has 1 unspecified atom stereocenters. The highest BCUT2D eigenvalue weighted by Gasteiger charge is 2.30. The summed E-state index contributed by atoms with van der Waals surface area (Å²) in [4.78, 5) is 28.5. The topological polar surface area (TPSA) is 52.7 Å². The fourth-order valence-electron chi connectivity index (χ4n) is 3.94. The summed E-state index contributed by atoms with van der Waals surface area (Å²) in [5.74, 6) is -0.282. The molecule has 2 saturated heterocycles. The molecule has 1 atom stereocenters. The molecule has 3 amide bonds. The Bertz CT molecular complexity index is 870. The molecule has 5 nitrogen and oxygen atoms in total. The second-order valence-corrected chi connectivity index (χ2v) is 7.06. The van der Waals surface area contributed by atoms with Crippen LogP contribution < -0.4 is 10.2 Å². The number of carbonyl (C=O) groups excluding carboxylic acids is 2. The van der Waals surface area contributed by atoms with Crippen LogP contribution in [0.25, 0.3) is 0 Å². The predicted molar refractivity (Wildman–Crippen MR) is 101 cm³/mol. The van der Waals surface area contributed by atoms with E-state index in [1.54, 1.807) is 23.1 Å². The van der Waals surface area contributed by atoms with Crippen molar-refractivity contribution in [2.24, 2.45) is 0 Å². The average molecular weight is 367 g/mol. The van der Waals surface area contributed by atoms with Crippen LogP contribution in [0.2, 0.25) is 0 Å². The summed E-state index contributed by atoms with van der Waals surface area (Å²) in [6, 6.07) is 13.7. The van der Waals surface area contributed by atoms with E-state index in [0.717, 1.165) is 24.1 Å². The number of likely N-dealkylation sites (tertiary alicyclic amines) is 1. The minimum atomic E-state index is -0.250. The molecule has 0 spiro atoms. The van der Waals surface area contributed by atoms with Gasteiger partial charge < -0.3 is 10.2 Å². The Morgan fingerprint density at radius 2 is 2.00 bits per heavy atom. The maximum atomic E-state index is 13.5. The molecule has 1 N–H and O–H groups in total. The van der Waals surface area contributed by atoms with E-state index in [1.807, 2.05) is 23.1 Å². The zero-order valence-electron chi connectivity index (χ0n) is 15.0. The summed E-state index contributed by atoms with van der Waals surface area (Å²) < 4.78 is 13.5. The standard InChI is InChI=1S/C21H22FN3O2/c22-17-6-1-4-15(12-17)13-18-8-3-10-24(18)20(26)16-5-2-7-19(14-16)25-11-9-23-21(25)27/h1-2,4-7,12,14,18H,3,8-11,13H2,(H,23,27). The SMILES string of the molecule is O=C1NCCN1c1cccc(C(=O)N2CCCC2Cc2cccc(F)c2)c1. The van der Waals surface area contributed by atoms with E-state index in [4.69, 9.17) is 0 Å². The first-order valence-corrected chi connectivity index (χ1v) is 9.33. The normalized spacial score (nSPS) is 19.4. The summed E-state index contributed by atoms with van der Waals surface area (Å²) in [7, 11) is 0. The number of anilines is 1. The second kappa shape index (κ2) is 7.39. The molecule has 0 radical (unpaired) electrons. The van der Waals surface area contributed by atoms with Gasteiger partial charge in [-0.3, -0.25) is 9.69 Å². The molecule has 0 saturated carbocycles. The Hall–Kier alpha value is -2.89. The zero-order valence-corrected chi connectivity index (χ0v) is 15.0. The molecule has 0 aliphatic carbocycles. The van der Waals surface area contributed by atoms with Crippen molar-refractivity contribution in [3.63, 3.8) is 0 Å². The molecule has 2 aliphatic heterocycles. The summed E-state index contributed by atoms with van der Waals surface area (Å²) >= 11 is 0. The molecule has 0 aromatic heterocycles. The number of carbonyl (C=O) groups is 2. The third-order valence-corrected chi connectivity index (χ3v) is 5.26. The van der Waals surface area contributed by atoms with E-state index in [9.17, 15) is 14.0 Å². The number of halogens is 1. The Morgan fingerprint density at radius 1 is 1.15 bits per heavy atom. The van der Waals surface area contributed by atoms with Crippen molar-refractivity contribution in [1.29, 1.82) is 0 Å². The van der Waals surface area contributed by atoms with E-state index >= 15 is 0 Å². The Balaban J connectivity index is 1.52. The number of amides is 3. The van der Waals surface area contributed by atoms with Gasteiger partial charge in [0.05, 0.1) is 0 Å². The third kappa shape index (κ3) is 3.65. The van der Waals surface area contributed by atoms with Gasteiger partial charge in [-0.15, -0.1) is 0 Å². The van der Waals surface area contributed by atoms with E-state index in [0.29, 0.717) is 31.6 Å². The molecule has 2 aromatic carbocycles. The zero-order chi connectivity index (χ0) is 18.8. The van der Waals surface area contributed by atoms with Gasteiger partial charge >= 0.3 is 6.03 Å². The molecular formula is C21H22FN3O2. The number of benzene rings is 2. The minimum absolute atomic E-state index is 0.0321. The summed E-state index contributed by atoms with van der Waals surface area (Å²) in [5, 5.41) is 2.77. The lowest BCUT2D eigenvalue weighted by molar-refractivity contribution is 0.0736. The summed E-state index contributed by atoms with van der Waals surface area (Å²) in [5.41, 5.74) is 2.22. The largest absolute Gasteiger partial charge is 0.336 e. The maximum Gasteiger partial charge on any atom is 0.321 e. The van der Waals surface area contributed by atoms with Crippen LogP contribution in [0.15, 0.2) is 48.5 Å². The fourth-order valence-corrected chi connectivity index (χ4v) is 3.94. The molecule has 2 heterocycles. The quantitative estimate of drug-likeness (QED) is 0.902. The highest BCUT2D eigenvalue weighted by Crippen LogP contribution is 2.25. The fraction of sp³-hybridized carbons (Fsp3) is 0.333. The molecule has 4 rings (SSSR count). The van der Waals surface area contributed by atoms with Crippen molar-refractivity contribution >= 4 is 17.6 Å². The minimum Gasteiger partial charge on any atom is -0.336 e. The van der Waals surface area contributed by atoms with E-state index in [1.165, 1.54) is 12.1 Å². The van der Waals surface area contributed by atoms with Crippen LogP contribution in [0, 0.1) is 5.82 Å². The lowest BCUT2D eigenvalue weighted by Crippen LogP contribution is -2.37. The van der Waals surface area contributed by atoms with Crippen LogP contribution in [0.3, 0.4) is 0 Å². The highest BCUT2D eigenvalue weighted by atomic mass is 19.1. The van der Waals surface area contributed by atoms with E-state index in [-0.39, 0.29) is 23.8 Å². The van der Waals surface area contributed by atoms with Crippen molar-refractivity contribution in [1.82, 2.24) is 10.2 Å². The Kier molecular flexibility index (Phi) is 4.79. The van der Waals surface area contributed by atoms with Crippen molar-refractivity contribution < 1.29 is 14.0 Å². The van der Waals surface area contributed by atoms with Crippen molar-refractivity contribution in [3.8, 4) is 0 Å². The smallest absolute Gasteiger partial charge is 0.321 e. The van der Waals surface area contributed by atoms with Gasteiger partial charge in [0.15, 0.2) is 0 Å². The third-order valence-electron chi connectivity index (χ3n) is 5.26. The molecule has 0 bridgehead atoms. The van der Waals surface area contributed by atoms with Crippen LogP contribution in [0.1, 0.15) is 28.8 Å². The van der Waals surface area contributed by atoms with Gasteiger partial charge in [-0.2, -0.15) is 0 Å². The van der Waals surface area contributed by atoms with Crippen LogP contribution in [0.5, 0.6) is 0 Å². The number of urea groups is 1. The van der Waals surface area contributed by atoms with Crippen LogP contribution >= 0.6 is 0 Å². The van der Waals surface area contributed by atoms with E-state index < -0.39 is 0 Å². The lowest BCUT2D eigenvalue weighted by Gasteiger charge is -2.25. The van der Waals surface area contributed by atoms with Gasteiger partial charge in [0.2, 0.25) is 0 Å². The first-order chi connectivity index (χ1) is 13.1. The monoisotopic (exact) mass is 367 g/mol. The lowest BCUT2D eigenvalue weighted by atomic mass is 10.0. The predicted octanol–water partition coefficient (Wildman–Crippen LogP) is 3.20. The average Bonchev–Trinajstić information content (AvgIpc) is 3.30. The summed E-state index contributed by atoms with van der Waals surface area (Å²) in [6.07, 6.45) is 2.51. The molecule has 2 aromatic rings. The first-order valence-electron chi connectivity index (χ1n) is 9.33. The Morgan fingerprint density at radius 3 is 2.78 bits per heavy atom. The molecule has 140 valence electrons. The molecule has 6 heteroatoms. The van der Waals surface area contributed by atoms with Gasteiger partial charge in [0.1, 0.15) is 5.82 Å². The molecule has 2 fully saturated rings. The van der Waals surface area contributed by atoms with E-state index in [2.05, 4.69) is 5.32 Å². The first kappa shape index (κ1) is 17.5. The number of rotatable bonds is 4.